The Bertz CT molecular complexity index is 492. The van der Waals surface area contributed by atoms with Crippen molar-refractivity contribution >= 4 is 11.9 Å². The van der Waals surface area contributed by atoms with E-state index in [2.05, 4.69) is 0 Å². The first kappa shape index (κ1) is 14.5. The average molecular weight is 296 g/mol. The molecular formula is C15H20O6. The summed E-state index contributed by atoms with van der Waals surface area (Å²) in [4.78, 5) is 24.0. The zero-order chi connectivity index (χ0) is 15.3. The Morgan fingerprint density at radius 2 is 1.81 bits per heavy atom. The first-order chi connectivity index (χ1) is 9.90. The quantitative estimate of drug-likeness (QED) is 0.566. The molecule has 2 N–H and O–H groups in total. The van der Waals surface area contributed by atoms with Crippen LogP contribution in [0.2, 0.25) is 0 Å². The molecule has 0 aromatic rings. The van der Waals surface area contributed by atoms with Gasteiger partial charge in [-0.1, -0.05) is 12.2 Å². The van der Waals surface area contributed by atoms with Crippen LogP contribution in [0.4, 0.5) is 0 Å². The van der Waals surface area contributed by atoms with E-state index in [0.717, 1.165) is 0 Å². The van der Waals surface area contributed by atoms with Crippen LogP contribution in [0.25, 0.3) is 0 Å². The normalized spacial score (nSPS) is 44.3. The first-order valence-electron chi connectivity index (χ1n) is 7.28. The summed E-state index contributed by atoms with van der Waals surface area (Å²) in [5.41, 5.74) is -2.77. The fraction of sp³-hybridized carbons (Fsp3) is 0.733. The van der Waals surface area contributed by atoms with Gasteiger partial charge in [0.05, 0.1) is 36.3 Å². The summed E-state index contributed by atoms with van der Waals surface area (Å²) in [7, 11) is 0. The largest absolute Gasteiger partial charge is 0.481 e. The van der Waals surface area contributed by atoms with Crippen LogP contribution in [0.5, 0.6) is 0 Å². The van der Waals surface area contributed by atoms with E-state index >= 15 is 0 Å². The molecule has 0 spiro atoms. The van der Waals surface area contributed by atoms with Crippen molar-refractivity contribution in [3.05, 3.63) is 12.2 Å². The minimum Gasteiger partial charge on any atom is -0.481 e. The maximum Gasteiger partial charge on any atom is 0.314 e. The molecule has 2 heterocycles. The third kappa shape index (κ3) is 2.26. The summed E-state index contributed by atoms with van der Waals surface area (Å²) in [6, 6.07) is 0. The van der Waals surface area contributed by atoms with E-state index in [-0.39, 0.29) is 24.5 Å². The zero-order valence-electron chi connectivity index (χ0n) is 11.9. The number of carboxylic acid groups (broad SMARTS) is 2. The Morgan fingerprint density at radius 1 is 1.19 bits per heavy atom. The van der Waals surface area contributed by atoms with Gasteiger partial charge in [-0.05, 0) is 32.1 Å². The Kier molecular flexibility index (Phi) is 3.33. The van der Waals surface area contributed by atoms with Gasteiger partial charge in [-0.3, -0.25) is 9.59 Å². The van der Waals surface area contributed by atoms with Crippen LogP contribution in [0.1, 0.15) is 26.2 Å². The van der Waals surface area contributed by atoms with Crippen molar-refractivity contribution in [2.45, 2.75) is 38.4 Å². The molecule has 3 rings (SSSR count). The van der Waals surface area contributed by atoms with E-state index in [1.807, 2.05) is 0 Å². The van der Waals surface area contributed by atoms with Gasteiger partial charge in [0.15, 0.2) is 0 Å². The maximum absolute atomic E-state index is 12.2. The number of carboxylic acids is 2. The molecule has 0 aromatic carbocycles. The lowest BCUT2D eigenvalue weighted by atomic mass is 9.52. The minimum absolute atomic E-state index is 0.0680. The lowest BCUT2D eigenvalue weighted by Gasteiger charge is -2.48. The summed E-state index contributed by atoms with van der Waals surface area (Å²) in [6.45, 7) is 2.67. The predicted molar refractivity (Wildman–Crippen MR) is 71.8 cm³/mol. The highest BCUT2D eigenvalue weighted by Gasteiger charge is 2.64. The molecule has 0 amide bonds. The van der Waals surface area contributed by atoms with Crippen LogP contribution in [-0.4, -0.2) is 47.6 Å². The van der Waals surface area contributed by atoms with Crippen molar-refractivity contribution in [3.8, 4) is 0 Å². The number of carbonyl (C=O) groups is 2. The summed E-state index contributed by atoms with van der Waals surface area (Å²) < 4.78 is 10.5. The molecule has 6 heteroatoms. The summed E-state index contributed by atoms with van der Waals surface area (Å²) in [6.07, 6.45) is 4.68. The molecule has 3 aliphatic rings. The Morgan fingerprint density at radius 3 is 2.29 bits per heavy atom. The third-order valence-corrected chi connectivity index (χ3v) is 5.22. The topological polar surface area (TPSA) is 99.7 Å². The molecule has 5 unspecified atom stereocenters. The van der Waals surface area contributed by atoms with E-state index in [1.54, 1.807) is 12.2 Å². The van der Waals surface area contributed by atoms with Gasteiger partial charge in [0.2, 0.25) is 0 Å². The molecule has 2 saturated heterocycles. The van der Waals surface area contributed by atoms with Gasteiger partial charge in [-0.15, -0.1) is 0 Å². The van der Waals surface area contributed by atoms with Crippen LogP contribution < -0.4 is 0 Å². The fourth-order valence-corrected chi connectivity index (χ4v) is 3.73. The molecular weight excluding hydrogens is 276 g/mol. The van der Waals surface area contributed by atoms with Crippen LogP contribution in [0.3, 0.4) is 0 Å². The van der Waals surface area contributed by atoms with Crippen LogP contribution in [-0.2, 0) is 19.1 Å². The zero-order valence-corrected chi connectivity index (χ0v) is 11.9. The van der Waals surface area contributed by atoms with Crippen LogP contribution in [0.15, 0.2) is 12.2 Å². The van der Waals surface area contributed by atoms with E-state index in [0.29, 0.717) is 26.1 Å². The molecule has 21 heavy (non-hydrogen) atoms. The Labute approximate surface area is 122 Å². The van der Waals surface area contributed by atoms with Crippen LogP contribution in [0, 0.1) is 16.7 Å². The van der Waals surface area contributed by atoms with Crippen LogP contribution >= 0.6 is 0 Å². The second-order valence-electron chi connectivity index (χ2n) is 6.47. The molecule has 2 fully saturated rings. The summed E-state index contributed by atoms with van der Waals surface area (Å²) in [5, 5.41) is 19.7. The van der Waals surface area contributed by atoms with Crippen molar-refractivity contribution in [3.63, 3.8) is 0 Å². The van der Waals surface area contributed by atoms with Gasteiger partial charge in [0, 0.05) is 0 Å². The molecule has 5 atom stereocenters. The first-order valence-corrected chi connectivity index (χ1v) is 7.28. The maximum atomic E-state index is 12.2. The highest BCUT2D eigenvalue weighted by molar-refractivity contribution is 5.89. The number of epoxide rings is 2. The number of hydrogen-bond acceptors (Lipinski definition) is 4. The number of aliphatic carboxylic acids is 2. The monoisotopic (exact) mass is 296 g/mol. The summed E-state index contributed by atoms with van der Waals surface area (Å²) >= 11 is 0. The van der Waals surface area contributed by atoms with Crippen molar-refractivity contribution in [2.24, 2.45) is 16.7 Å². The molecule has 0 aromatic heterocycles. The van der Waals surface area contributed by atoms with Gasteiger partial charge in [-0.25, -0.2) is 0 Å². The van der Waals surface area contributed by atoms with Gasteiger partial charge < -0.3 is 19.7 Å². The molecule has 0 saturated carbocycles. The van der Waals surface area contributed by atoms with E-state index in [4.69, 9.17) is 9.47 Å². The fourth-order valence-electron chi connectivity index (χ4n) is 3.73. The van der Waals surface area contributed by atoms with Gasteiger partial charge in [-0.2, -0.15) is 0 Å². The van der Waals surface area contributed by atoms with Gasteiger partial charge >= 0.3 is 11.9 Å². The van der Waals surface area contributed by atoms with E-state index in [9.17, 15) is 19.8 Å². The van der Waals surface area contributed by atoms with Gasteiger partial charge in [0.25, 0.3) is 0 Å². The average Bonchev–Trinajstić information content (AvgIpc) is 3.28. The molecule has 2 aliphatic heterocycles. The Balaban J connectivity index is 2.04. The summed E-state index contributed by atoms with van der Waals surface area (Å²) in [5.74, 6) is -2.39. The molecule has 6 nitrogen and oxygen atoms in total. The number of hydrogen-bond donors (Lipinski definition) is 2. The third-order valence-electron chi connectivity index (χ3n) is 5.22. The van der Waals surface area contributed by atoms with Crippen molar-refractivity contribution in [2.75, 3.05) is 13.2 Å². The van der Waals surface area contributed by atoms with Crippen molar-refractivity contribution in [1.29, 1.82) is 0 Å². The van der Waals surface area contributed by atoms with Gasteiger partial charge in [0.1, 0.15) is 0 Å². The number of allylic oxidation sites excluding steroid dienone is 1. The standard InChI is InChI=1S/C15H20O6/c1-14(12(16)17)4-2-3-9(5-10-7-20-10)15(14,13(18)19)6-11-8-21-11/h2,4,9-11H,3,5-8H2,1H3,(H,16,17)(H,18,19). The van der Waals surface area contributed by atoms with Crippen molar-refractivity contribution < 1.29 is 29.3 Å². The molecule has 116 valence electrons. The highest BCUT2D eigenvalue weighted by Crippen LogP contribution is 2.57. The molecule has 1 aliphatic carbocycles. The minimum atomic E-state index is -1.43. The second-order valence-corrected chi connectivity index (χ2v) is 6.47. The molecule has 0 radical (unpaired) electrons. The van der Waals surface area contributed by atoms with E-state index in [1.165, 1.54) is 6.92 Å². The smallest absolute Gasteiger partial charge is 0.314 e. The number of rotatable bonds is 6. The molecule has 0 bridgehead atoms. The van der Waals surface area contributed by atoms with Crippen molar-refractivity contribution in [1.82, 2.24) is 0 Å². The number of ether oxygens (including phenoxy) is 2. The van der Waals surface area contributed by atoms with E-state index < -0.39 is 22.8 Å². The Hall–Kier alpha value is -1.40. The lowest BCUT2D eigenvalue weighted by molar-refractivity contribution is -0.177. The predicted octanol–water partition coefficient (Wildman–Crippen LogP) is 1.30. The highest BCUT2D eigenvalue weighted by atomic mass is 16.6. The second kappa shape index (κ2) is 4.81. The SMILES string of the molecule is CC1(C(=O)O)C=CCC(CC2CO2)C1(CC1CO1)C(=O)O. The lowest BCUT2D eigenvalue weighted by Crippen LogP contribution is -2.56.